The number of hydrogen-bond acceptors (Lipinski definition) is 3. The summed E-state index contributed by atoms with van der Waals surface area (Å²) in [5.74, 6) is -0.155. The minimum Gasteiger partial charge on any atom is -0.320 e. The normalized spacial score (nSPS) is 14.2. The molecule has 1 saturated heterocycles. The summed E-state index contributed by atoms with van der Waals surface area (Å²) in [5.41, 5.74) is 3.54. The molecule has 0 radical (unpaired) electrons. The SMILES string of the molecule is Cc1ccc(N2CCCN(Cc3ccccc3)C2=O)c(NC(=O)c2cccs2)c1. The number of carbonyl (C=O) groups is 2. The monoisotopic (exact) mass is 405 g/mol. The molecule has 0 aliphatic carbocycles. The van der Waals surface area contributed by atoms with Crippen LogP contribution in [-0.2, 0) is 6.54 Å². The van der Waals surface area contributed by atoms with Gasteiger partial charge in [-0.25, -0.2) is 4.79 Å². The van der Waals surface area contributed by atoms with Crippen LogP contribution in [0.3, 0.4) is 0 Å². The van der Waals surface area contributed by atoms with Gasteiger partial charge in [0.1, 0.15) is 0 Å². The van der Waals surface area contributed by atoms with Crippen LogP contribution in [0.2, 0.25) is 0 Å². The van der Waals surface area contributed by atoms with E-state index in [1.54, 1.807) is 11.0 Å². The van der Waals surface area contributed by atoms with E-state index in [1.165, 1.54) is 11.3 Å². The fourth-order valence-electron chi connectivity index (χ4n) is 3.53. The number of amides is 3. The second kappa shape index (κ2) is 8.49. The first-order valence-electron chi connectivity index (χ1n) is 9.68. The molecule has 0 saturated carbocycles. The van der Waals surface area contributed by atoms with Gasteiger partial charge in [0.2, 0.25) is 0 Å². The maximum atomic E-state index is 13.2. The van der Waals surface area contributed by atoms with Gasteiger partial charge in [-0.2, -0.15) is 0 Å². The van der Waals surface area contributed by atoms with E-state index in [4.69, 9.17) is 0 Å². The molecule has 3 aromatic rings. The molecule has 148 valence electrons. The van der Waals surface area contributed by atoms with Crippen molar-refractivity contribution >= 4 is 34.6 Å². The Hall–Kier alpha value is -3.12. The van der Waals surface area contributed by atoms with Crippen molar-refractivity contribution in [2.24, 2.45) is 0 Å². The maximum Gasteiger partial charge on any atom is 0.324 e. The predicted molar refractivity (Wildman–Crippen MR) is 118 cm³/mol. The van der Waals surface area contributed by atoms with Crippen LogP contribution in [0.5, 0.6) is 0 Å². The molecule has 2 heterocycles. The largest absolute Gasteiger partial charge is 0.324 e. The van der Waals surface area contributed by atoms with Crippen LogP contribution in [0.25, 0.3) is 0 Å². The molecule has 3 amide bonds. The van der Waals surface area contributed by atoms with Crippen molar-refractivity contribution in [1.29, 1.82) is 0 Å². The molecule has 0 atom stereocenters. The van der Waals surface area contributed by atoms with Gasteiger partial charge in [-0.05, 0) is 48.1 Å². The highest BCUT2D eigenvalue weighted by Gasteiger charge is 2.28. The Labute approximate surface area is 174 Å². The number of carbonyl (C=O) groups excluding carboxylic acids is 2. The fourth-order valence-corrected chi connectivity index (χ4v) is 4.15. The predicted octanol–water partition coefficient (Wildman–Crippen LogP) is 5.14. The van der Waals surface area contributed by atoms with E-state index in [-0.39, 0.29) is 11.9 Å². The smallest absolute Gasteiger partial charge is 0.320 e. The standard InChI is InChI=1S/C23H23N3O2S/c1-17-10-11-20(19(15-17)24-22(27)21-9-5-14-29-21)26-13-6-12-25(23(26)28)16-18-7-3-2-4-8-18/h2-5,7-11,14-15H,6,12-13,16H2,1H3,(H,24,27). The highest BCUT2D eigenvalue weighted by Crippen LogP contribution is 2.31. The first-order valence-corrected chi connectivity index (χ1v) is 10.6. The molecule has 1 N–H and O–H groups in total. The average Bonchev–Trinajstić information content (AvgIpc) is 3.26. The Bertz CT molecular complexity index is 1000. The lowest BCUT2D eigenvalue weighted by molar-refractivity contribution is 0.103. The van der Waals surface area contributed by atoms with Crippen LogP contribution in [-0.4, -0.2) is 29.9 Å². The molecular formula is C23H23N3O2S. The second-order valence-electron chi connectivity index (χ2n) is 7.15. The molecule has 4 rings (SSSR count). The zero-order valence-electron chi connectivity index (χ0n) is 16.3. The average molecular weight is 406 g/mol. The lowest BCUT2D eigenvalue weighted by Gasteiger charge is -2.36. The zero-order valence-corrected chi connectivity index (χ0v) is 17.1. The van der Waals surface area contributed by atoms with E-state index in [0.29, 0.717) is 23.7 Å². The second-order valence-corrected chi connectivity index (χ2v) is 8.09. The third-order valence-corrected chi connectivity index (χ3v) is 5.83. The van der Waals surface area contributed by atoms with Crippen molar-refractivity contribution in [3.05, 3.63) is 82.0 Å². The van der Waals surface area contributed by atoms with E-state index in [9.17, 15) is 9.59 Å². The number of aryl methyl sites for hydroxylation is 1. The number of thiophene rings is 1. The number of nitrogens with zero attached hydrogens (tertiary/aromatic N) is 2. The van der Waals surface area contributed by atoms with Gasteiger partial charge < -0.3 is 10.2 Å². The van der Waals surface area contributed by atoms with E-state index in [2.05, 4.69) is 5.32 Å². The summed E-state index contributed by atoms with van der Waals surface area (Å²) in [4.78, 5) is 30.1. The molecule has 0 spiro atoms. The van der Waals surface area contributed by atoms with Gasteiger partial charge in [-0.15, -0.1) is 11.3 Å². The van der Waals surface area contributed by atoms with Gasteiger partial charge in [0, 0.05) is 19.6 Å². The minimum absolute atomic E-state index is 0.0319. The lowest BCUT2D eigenvalue weighted by Crippen LogP contribution is -2.49. The molecule has 1 aliphatic heterocycles. The number of nitrogens with one attached hydrogen (secondary N) is 1. The minimum atomic E-state index is -0.155. The van der Waals surface area contributed by atoms with Gasteiger partial charge in [0.05, 0.1) is 16.3 Å². The maximum absolute atomic E-state index is 13.2. The third kappa shape index (κ3) is 4.32. The molecular weight excluding hydrogens is 382 g/mol. The summed E-state index contributed by atoms with van der Waals surface area (Å²) in [7, 11) is 0. The van der Waals surface area contributed by atoms with Crippen molar-refractivity contribution in [2.45, 2.75) is 19.9 Å². The van der Waals surface area contributed by atoms with Gasteiger partial charge in [-0.3, -0.25) is 9.69 Å². The van der Waals surface area contributed by atoms with E-state index in [0.717, 1.165) is 29.8 Å². The van der Waals surface area contributed by atoms with Gasteiger partial charge in [0.15, 0.2) is 0 Å². The van der Waals surface area contributed by atoms with Crippen molar-refractivity contribution in [3.63, 3.8) is 0 Å². The lowest BCUT2D eigenvalue weighted by atomic mass is 10.1. The Balaban J connectivity index is 1.58. The summed E-state index contributed by atoms with van der Waals surface area (Å²) >= 11 is 1.40. The van der Waals surface area contributed by atoms with E-state index < -0.39 is 0 Å². The van der Waals surface area contributed by atoms with E-state index in [1.807, 2.05) is 71.8 Å². The molecule has 6 heteroatoms. The Morgan fingerprint density at radius 2 is 1.90 bits per heavy atom. The summed E-state index contributed by atoms with van der Waals surface area (Å²) in [6.07, 6.45) is 0.880. The van der Waals surface area contributed by atoms with Crippen LogP contribution < -0.4 is 10.2 Å². The van der Waals surface area contributed by atoms with Gasteiger partial charge >= 0.3 is 6.03 Å². The molecule has 5 nitrogen and oxygen atoms in total. The number of benzene rings is 2. The Morgan fingerprint density at radius 1 is 1.07 bits per heavy atom. The molecule has 0 bridgehead atoms. The number of urea groups is 1. The summed E-state index contributed by atoms with van der Waals surface area (Å²) in [6, 6.07) is 19.4. The van der Waals surface area contributed by atoms with Crippen LogP contribution in [0.15, 0.2) is 66.0 Å². The molecule has 2 aromatic carbocycles. The number of anilines is 2. The first-order chi connectivity index (χ1) is 14.1. The zero-order chi connectivity index (χ0) is 20.2. The Kier molecular flexibility index (Phi) is 5.62. The molecule has 1 fully saturated rings. The third-order valence-electron chi connectivity index (χ3n) is 4.96. The summed E-state index contributed by atoms with van der Waals surface area (Å²) in [5, 5.41) is 4.87. The topological polar surface area (TPSA) is 52.6 Å². The molecule has 1 aromatic heterocycles. The molecule has 29 heavy (non-hydrogen) atoms. The van der Waals surface area contributed by atoms with Crippen molar-refractivity contribution in [2.75, 3.05) is 23.3 Å². The van der Waals surface area contributed by atoms with Crippen LogP contribution in [0, 0.1) is 6.92 Å². The fraction of sp³-hybridized carbons (Fsp3) is 0.217. The van der Waals surface area contributed by atoms with Gasteiger partial charge in [0.25, 0.3) is 5.91 Å². The number of rotatable bonds is 5. The first kappa shape index (κ1) is 19.2. The summed E-state index contributed by atoms with van der Waals surface area (Å²) < 4.78 is 0. The molecule has 0 unspecified atom stereocenters. The van der Waals surface area contributed by atoms with Crippen molar-refractivity contribution < 1.29 is 9.59 Å². The van der Waals surface area contributed by atoms with Crippen LogP contribution in [0.1, 0.15) is 27.2 Å². The summed E-state index contributed by atoms with van der Waals surface area (Å²) in [6.45, 7) is 3.92. The molecule has 1 aliphatic rings. The van der Waals surface area contributed by atoms with Crippen LogP contribution in [0.4, 0.5) is 16.2 Å². The highest BCUT2D eigenvalue weighted by molar-refractivity contribution is 7.12. The van der Waals surface area contributed by atoms with Crippen molar-refractivity contribution in [3.8, 4) is 0 Å². The van der Waals surface area contributed by atoms with Crippen molar-refractivity contribution in [1.82, 2.24) is 4.90 Å². The quantitative estimate of drug-likeness (QED) is 0.639. The van der Waals surface area contributed by atoms with E-state index >= 15 is 0 Å². The Morgan fingerprint density at radius 3 is 2.66 bits per heavy atom. The highest BCUT2D eigenvalue weighted by atomic mass is 32.1. The van der Waals surface area contributed by atoms with Gasteiger partial charge in [-0.1, -0.05) is 42.5 Å². The van der Waals surface area contributed by atoms with Crippen LogP contribution >= 0.6 is 11.3 Å². The number of hydrogen-bond donors (Lipinski definition) is 1.